The van der Waals surface area contributed by atoms with Gasteiger partial charge < -0.3 is 19.7 Å². The summed E-state index contributed by atoms with van der Waals surface area (Å²) in [6.45, 7) is -0.512. The van der Waals surface area contributed by atoms with Crippen LogP contribution >= 0.6 is 15.9 Å². The maximum absolute atomic E-state index is 12.4. The van der Waals surface area contributed by atoms with Gasteiger partial charge in [0.2, 0.25) is 0 Å². The molecule has 1 amide bonds. The van der Waals surface area contributed by atoms with Gasteiger partial charge in [0.15, 0.2) is 18.1 Å². The van der Waals surface area contributed by atoms with Gasteiger partial charge >= 0.3 is 5.97 Å². The number of hydrazone groups is 1. The molecule has 0 spiro atoms. The number of nitrogens with one attached hydrogen (secondary N) is 1. The van der Waals surface area contributed by atoms with Crippen LogP contribution in [0.1, 0.15) is 15.9 Å². The van der Waals surface area contributed by atoms with E-state index in [1.165, 1.54) is 19.4 Å². The van der Waals surface area contributed by atoms with E-state index in [1.54, 1.807) is 18.2 Å². The molecule has 3 aromatic carbocycles. The topological polar surface area (TPSA) is 117 Å². The summed E-state index contributed by atoms with van der Waals surface area (Å²) in [4.78, 5) is 23.1. The van der Waals surface area contributed by atoms with E-state index in [0.29, 0.717) is 15.8 Å². The summed E-state index contributed by atoms with van der Waals surface area (Å²) in [6, 6.07) is 13.6. The number of rotatable bonds is 7. The second-order valence-electron chi connectivity index (χ2n) is 6.12. The molecule has 0 unspecified atom stereocenters. The number of fused-ring (bicyclic) bond motifs is 1. The van der Waals surface area contributed by atoms with Crippen LogP contribution in [-0.2, 0) is 4.79 Å². The van der Waals surface area contributed by atoms with Crippen molar-refractivity contribution in [3.8, 4) is 17.2 Å². The summed E-state index contributed by atoms with van der Waals surface area (Å²) in [5.41, 5.74) is 3.02. The van der Waals surface area contributed by atoms with Gasteiger partial charge in [-0.05, 0) is 51.0 Å². The zero-order valence-corrected chi connectivity index (χ0v) is 17.3. The first kappa shape index (κ1) is 21.1. The molecule has 0 aliphatic carbocycles. The van der Waals surface area contributed by atoms with Crippen LogP contribution < -0.4 is 14.9 Å². The van der Waals surface area contributed by atoms with Gasteiger partial charge in [0.05, 0.1) is 18.9 Å². The number of phenolic OH excluding ortho intramolecular Hbond substituents is 1. The number of aromatic hydroxyl groups is 1. The average Bonchev–Trinajstić information content (AvgIpc) is 2.72. The van der Waals surface area contributed by atoms with Gasteiger partial charge in [0.25, 0.3) is 5.91 Å². The first-order valence-electron chi connectivity index (χ1n) is 8.66. The minimum Gasteiger partial charge on any atom is -0.507 e. The zero-order valence-electron chi connectivity index (χ0n) is 15.8. The summed E-state index contributed by atoms with van der Waals surface area (Å²) >= 11 is 3.34. The number of carboxylic acid groups (broad SMARTS) is 1. The van der Waals surface area contributed by atoms with Crippen LogP contribution in [0, 0.1) is 0 Å². The molecule has 8 nitrogen and oxygen atoms in total. The largest absolute Gasteiger partial charge is 0.507 e. The summed E-state index contributed by atoms with van der Waals surface area (Å²) in [7, 11) is 1.42. The molecule has 3 rings (SSSR count). The Labute approximate surface area is 179 Å². The molecule has 0 saturated carbocycles. The molecule has 0 radical (unpaired) electrons. The van der Waals surface area contributed by atoms with Crippen molar-refractivity contribution < 1.29 is 29.3 Å². The van der Waals surface area contributed by atoms with E-state index in [-0.39, 0.29) is 17.1 Å². The standard InChI is InChI=1S/C21H17BrN2O6/c1-29-18-8-14(16(22)9-19(18)30-11-20(26)27)10-23-24-21(28)15-6-12-4-2-3-5-13(12)7-17(15)25/h2-10,25H,11H2,1H3,(H,24,28)(H,26,27). The molecule has 154 valence electrons. The van der Waals surface area contributed by atoms with Crippen LogP contribution in [-0.4, -0.2) is 42.0 Å². The lowest BCUT2D eigenvalue weighted by Gasteiger charge is -2.11. The SMILES string of the molecule is COc1cc(C=NNC(=O)c2cc3ccccc3cc2O)c(Br)cc1OCC(=O)O. The number of carboxylic acids is 1. The fourth-order valence-electron chi connectivity index (χ4n) is 2.69. The predicted molar refractivity (Wildman–Crippen MR) is 114 cm³/mol. The lowest BCUT2D eigenvalue weighted by atomic mass is 10.1. The van der Waals surface area contributed by atoms with Crippen LogP contribution in [0.3, 0.4) is 0 Å². The number of carbonyl (C=O) groups is 2. The molecular formula is C21H17BrN2O6. The van der Waals surface area contributed by atoms with E-state index in [1.807, 2.05) is 24.3 Å². The number of ether oxygens (including phenoxy) is 2. The number of carbonyl (C=O) groups excluding carboxylic acids is 1. The van der Waals surface area contributed by atoms with Gasteiger partial charge in [0, 0.05) is 10.0 Å². The van der Waals surface area contributed by atoms with Gasteiger partial charge in [-0.1, -0.05) is 24.3 Å². The maximum atomic E-state index is 12.4. The Balaban J connectivity index is 1.77. The van der Waals surface area contributed by atoms with Gasteiger partial charge in [-0.2, -0.15) is 5.10 Å². The molecule has 0 aliphatic heterocycles. The molecule has 0 aromatic heterocycles. The first-order valence-corrected chi connectivity index (χ1v) is 9.45. The van der Waals surface area contributed by atoms with Crippen molar-refractivity contribution in [2.24, 2.45) is 5.10 Å². The Morgan fingerprint density at radius 2 is 1.83 bits per heavy atom. The fourth-order valence-corrected chi connectivity index (χ4v) is 3.12. The number of phenols is 1. The van der Waals surface area contributed by atoms with Crippen molar-refractivity contribution >= 4 is 44.8 Å². The van der Waals surface area contributed by atoms with Crippen molar-refractivity contribution in [2.45, 2.75) is 0 Å². The summed E-state index contributed by atoms with van der Waals surface area (Å²) in [6.07, 6.45) is 1.38. The lowest BCUT2D eigenvalue weighted by molar-refractivity contribution is -0.139. The van der Waals surface area contributed by atoms with Crippen LogP contribution in [0.15, 0.2) is 58.1 Å². The van der Waals surface area contributed by atoms with E-state index < -0.39 is 18.5 Å². The van der Waals surface area contributed by atoms with Crippen molar-refractivity contribution in [2.75, 3.05) is 13.7 Å². The van der Waals surface area contributed by atoms with E-state index >= 15 is 0 Å². The number of benzene rings is 3. The monoisotopic (exact) mass is 472 g/mol. The fraction of sp³-hybridized carbons (Fsp3) is 0.0952. The third kappa shape index (κ3) is 4.87. The van der Waals surface area contributed by atoms with Crippen molar-refractivity contribution in [1.82, 2.24) is 5.43 Å². The van der Waals surface area contributed by atoms with Crippen LogP contribution in [0.25, 0.3) is 10.8 Å². The molecular weight excluding hydrogens is 456 g/mol. The third-order valence-corrected chi connectivity index (χ3v) is 4.80. The number of hydrogen-bond acceptors (Lipinski definition) is 6. The number of amides is 1. The van der Waals surface area contributed by atoms with E-state index in [4.69, 9.17) is 14.6 Å². The van der Waals surface area contributed by atoms with Crippen molar-refractivity contribution in [1.29, 1.82) is 0 Å². The smallest absolute Gasteiger partial charge is 0.341 e. The Hall–Kier alpha value is -3.59. The highest BCUT2D eigenvalue weighted by atomic mass is 79.9. The quantitative estimate of drug-likeness (QED) is 0.357. The van der Waals surface area contributed by atoms with Gasteiger partial charge in [-0.25, -0.2) is 10.2 Å². The molecule has 30 heavy (non-hydrogen) atoms. The highest BCUT2D eigenvalue weighted by Crippen LogP contribution is 2.33. The molecule has 0 fully saturated rings. The minimum atomic E-state index is -1.11. The molecule has 0 saturated heterocycles. The Kier molecular flexibility index (Phi) is 6.53. The number of hydrogen-bond donors (Lipinski definition) is 3. The lowest BCUT2D eigenvalue weighted by Crippen LogP contribution is -2.17. The normalized spacial score (nSPS) is 10.9. The maximum Gasteiger partial charge on any atom is 0.341 e. The van der Waals surface area contributed by atoms with Gasteiger partial charge in [0.1, 0.15) is 5.75 Å². The second-order valence-corrected chi connectivity index (χ2v) is 6.98. The van der Waals surface area contributed by atoms with Crippen LogP contribution in [0.2, 0.25) is 0 Å². The van der Waals surface area contributed by atoms with E-state index in [0.717, 1.165) is 10.8 Å². The molecule has 0 atom stereocenters. The Morgan fingerprint density at radius 1 is 1.13 bits per heavy atom. The highest BCUT2D eigenvalue weighted by Gasteiger charge is 2.13. The molecule has 9 heteroatoms. The van der Waals surface area contributed by atoms with E-state index in [2.05, 4.69) is 26.5 Å². The molecule has 0 aliphatic rings. The van der Waals surface area contributed by atoms with E-state index in [9.17, 15) is 14.7 Å². The van der Waals surface area contributed by atoms with Crippen LogP contribution in [0.4, 0.5) is 0 Å². The summed E-state index contributed by atoms with van der Waals surface area (Å²) in [5, 5.41) is 24.4. The third-order valence-electron chi connectivity index (χ3n) is 4.11. The number of halogens is 1. The number of nitrogens with zero attached hydrogens (tertiary/aromatic N) is 1. The van der Waals surface area contributed by atoms with Crippen molar-refractivity contribution in [3.63, 3.8) is 0 Å². The molecule has 3 N–H and O–H groups in total. The zero-order chi connectivity index (χ0) is 21.7. The highest BCUT2D eigenvalue weighted by molar-refractivity contribution is 9.10. The van der Waals surface area contributed by atoms with Gasteiger partial charge in [-0.15, -0.1) is 0 Å². The molecule has 0 bridgehead atoms. The summed E-state index contributed by atoms with van der Waals surface area (Å²) in [5.74, 6) is -1.28. The molecule has 0 heterocycles. The van der Waals surface area contributed by atoms with Crippen LogP contribution in [0.5, 0.6) is 17.2 Å². The number of aliphatic carboxylic acids is 1. The summed E-state index contributed by atoms with van der Waals surface area (Å²) < 4.78 is 10.9. The predicted octanol–water partition coefficient (Wildman–Crippen LogP) is 3.54. The molecule has 3 aromatic rings. The number of methoxy groups -OCH3 is 1. The Bertz CT molecular complexity index is 1150. The first-order chi connectivity index (χ1) is 14.4. The minimum absolute atomic E-state index is 0.0971. The Morgan fingerprint density at radius 3 is 2.50 bits per heavy atom. The van der Waals surface area contributed by atoms with Gasteiger partial charge in [-0.3, -0.25) is 4.79 Å². The second kappa shape index (κ2) is 9.27. The average molecular weight is 473 g/mol. The van der Waals surface area contributed by atoms with Crippen molar-refractivity contribution in [3.05, 3.63) is 64.1 Å².